The highest BCUT2D eigenvalue weighted by Crippen LogP contribution is 2.30. The fraction of sp³-hybridized carbons (Fsp3) is 0.316. The van der Waals surface area contributed by atoms with Gasteiger partial charge < -0.3 is 14.8 Å². The fourth-order valence-corrected chi connectivity index (χ4v) is 4.32. The van der Waals surface area contributed by atoms with Crippen LogP contribution in [0.2, 0.25) is 0 Å². The Kier molecular flexibility index (Phi) is 4.99. The molecule has 5 rings (SSSR count). The topological polar surface area (TPSA) is 97.8 Å². The number of aromatic nitrogens is 6. The van der Waals surface area contributed by atoms with Crippen LogP contribution in [0.3, 0.4) is 0 Å². The number of fused-ring (bicyclic) bond motifs is 1. The highest BCUT2D eigenvalue weighted by atomic mass is 32.2. The second-order valence-electron chi connectivity index (χ2n) is 6.77. The molecule has 0 radical (unpaired) electrons. The molecule has 9 nitrogen and oxygen atoms in total. The number of hydrogen-bond acceptors (Lipinski definition) is 9. The van der Waals surface area contributed by atoms with Gasteiger partial charge >= 0.3 is 0 Å². The Morgan fingerprint density at radius 2 is 1.86 bits per heavy atom. The van der Waals surface area contributed by atoms with Crippen molar-refractivity contribution in [1.29, 1.82) is 0 Å². The molecular formula is C19H20N8OS. The SMILES string of the molecule is c1ccc([C@@H](Cn2ccnc2)Nc2nc3nonc3nc2N2CCSCC2)cc1. The number of rotatable bonds is 6. The Morgan fingerprint density at radius 3 is 2.62 bits per heavy atom. The highest BCUT2D eigenvalue weighted by molar-refractivity contribution is 7.99. The molecule has 0 saturated carbocycles. The van der Waals surface area contributed by atoms with E-state index in [2.05, 4.69) is 37.6 Å². The van der Waals surface area contributed by atoms with Crippen molar-refractivity contribution in [2.45, 2.75) is 12.6 Å². The maximum absolute atomic E-state index is 4.85. The summed E-state index contributed by atoms with van der Waals surface area (Å²) in [5, 5.41) is 11.4. The van der Waals surface area contributed by atoms with Crippen molar-refractivity contribution < 1.29 is 4.63 Å². The van der Waals surface area contributed by atoms with Crippen LogP contribution in [0.4, 0.5) is 11.6 Å². The van der Waals surface area contributed by atoms with Gasteiger partial charge in [0, 0.05) is 43.5 Å². The summed E-state index contributed by atoms with van der Waals surface area (Å²) in [5.74, 6) is 3.61. The Balaban J connectivity index is 1.53. The van der Waals surface area contributed by atoms with Crippen molar-refractivity contribution in [3.63, 3.8) is 0 Å². The van der Waals surface area contributed by atoms with Gasteiger partial charge in [-0.3, -0.25) is 0 Å². The summed E-state index contributed by atoms with van der Waals surface area (Å²) in [6, 6.07) is 10.3. The average molecular weight is 408 g/mol. The lowest BCUT2D eigenvalue weighted by Crippen LogP contribution is -2.34. The van der Waals surface area contributed by atoms with E-state index in [9.17, 15) is 0 Å². The molecule has 0 unspecified atom stereocenters. The van der Waals surface area contributed by atoms with Crippen molar-refractivity contribution in [2.75, 3.05) is 34.8 Å². The summed E-state index contributed by atoms with van der Waals surface area (Å²) in [7, 11) is 0. The van der Waals surface area contributed by atoms with Crippen LogP contribution in [-0.4, -0.2) is 54.4 Å². The lowest BCUT2D eigenvalue weighted by molar-refractivity contribution is 0.314. The van der Waals surface area contributed by atoms with Gasteiger partial charge in [-0.1, -0.05) is 30.3 Å². The molecule has 1 N–H and O–H groups in total. The minimum Gasteiger partial charge on any atom is -0.358 e. The predicted octanol–water partition coefficient (Wildman–Crippen LogP) is 2.62. The third-order valence-electron chi connectivity index (χ3n) is 4.87. The minimum atomic E-state index is -0.0186. The van der Waals surface area contributed by atoms with Crippen molar-refractivity contribution in [3.8, 4) is 0 Å². The molecule has 0 amide bonds. The van der Waals surface area contributed by atoms with Crippen LogP contribution in [0.5, 0.6) is 0 Å². The third-order valence-corrected chi connectivity index (χ3v) is 5.81. The summed E-state index contributed by atoms with van der Waals surface area (Å²) in [5.41, 5.74) is 1.98. The van der Waals surface area contributed by atoms with E-state index in [4.69, 9.17) is 14.6 Å². The number of nitrogens with zero attached hydrogens (tertiary/aromatic N) is 7. The van der Waals surface area contributed by atoms with Gasteiger partial charge in [0.1, 0.15) is 0 Å². The highest BCUT2D eigenvalue weighted by Gasteiger charge is 2.23. The van der Waals surface area contributed by atoms with Crippen molar-refractivity contribution >= 4 is 34.7 Å². The summed E-state index contributed by atoms with van der Waals surface area (Å²) >= 11 is 1.95. The maximum atomic E-state index is 4.85. The Bertz CT molecular complexity index is 1060. The molecule has 1 saturated heterocycles. The molecule has 4 heterocycles. The zero-order chi connectivity index (χ0) is 19.5. The standard InChI is InChI=1S/C19H20N8OS/c1-2-4-14(5-3-1)15(12-26-7-6-20-13-26)21-18-19(27-8-10-29-11-9-27)23-17-16(22-18)24-28-25-17/h1-7,13,15H,8-12H2,(H,21,22,24)/t15-/m1/s1. The molecule has 148 valence electrons. The molecule has 1 aliphatic heterocycles. The second-order valence-corrected chi connectivity index (χ2v) is 8.00. The molecule has 10 heteroatoms. The first-order valence-corrected chi connectivity index (χ1v) is 10.6. The molecule has 0 aliphatic carbocycles. The maximum Gasteiger partial charge on any atom is 0.245 e. The summed E-state index contributed by atoms with van der Waals surface area (Å²) in [6.07, 6.45) is 5.55. The van der Waals surface area contributed by atoms with E-state index in [1.807, 2.05) is 47.1 Å². The number of imidazole rings is 1. The quantitative estimate of drug-likeness (QED) is 0.516. The van der Waals surface area contributed by atoms with Crippen molar-refractivity contribution in [3.05, 3.63) is 54.6 Å². The van der Waals surface area contributed by atoms with Gasteiger partial charge in [-0.2, -0.15) is 11.8 Å². The van der Waals surface area contributed by atoms with Gasteiger partial charge in [-0.25, -0.2) is 19.6 Å². The van der Waals surface area contributed by atoms with E-state index in [0.29, 0.717) is 23.7 Å². The molecule has 0 spiro atoms. The number of benzene rings is 1. The normalized spacial score (nSPS) is 15.5. The van der Waals surface area contributed by atoms with Crippen LogP contribution in [0, 0.1) is 0 Å². The van der Waals surface area contributed by atoms with Gasteiger partial charge in [0.15, 0.2) is 11.6 Å². The molecule has 0 bridgehead atoms. The number of thioether (sulfide) groups is 1. The Morgan fingerprint density at radius 1 is 1.07 bits per heavy atom. The molecular weight excluding hydrogens is 388 g/mol. The first kappa shape index (κ1) is 17.9. The monoisotopic (exact) mass is 408 g/mol. The van der Waals surface area contributed by atoms with E-state index in [1.165, 1.54) is 0 Å². The Labute approximate surface area is 171 Å². The van der Waals surface area contributed by atoms with Crippen LogP contribution in [0.1, 0.15) is 11.6 Å². The van der Waals surface area contributed by atoms with Crippen LogP contribution in [-0.2, 0) is 6.54 Å². The smallest absolute Gasteiger partial charge is 0.245 e. The lowest BCUT2D eigenvalue weighted by atomic mass is 10.1. The number of nitrogens with one attached hydrogen (secondary N) is 1. The first-order valence-electron chi connectivity index (χ1n) is 9.47. The van der Waals surface area contributed by atoms with E-state index in [0.717, 1.165) is 36.0 Å². The number of hydrogen-bond donors (Lipinski definition) is 1. The Hall–Kier alpha value is -3.14. The molecule has 4 aromatic rings. The van der Waals surface area contributed by atoms with Crippen molar-refractivity contribution in [1.82, 2.24) is 29.8 Å². The average Bonchev–Trinajstić information content (AvgIpc) is 3.45. The van der Waals surface area contributed by atoms with E-state index in [1.54, 1.807) is 6.20 Å². The largest absolute Gasteiger partial charge is 0.358 e. The van der Waals surface area contributed by atoms with E-state index in [-0.39, 0.29) is 6.04 Å². The van der Waals surface area contributed by atoms with Gasteiger partial charge in [-0.05, 0) is 15.9 Å². The zero-order valence-corrected chi connectivity index (χ0v) is 16.5. The summed E-state index contributed by atoms with van der Waals surface area (Å²) in [4.78, 5) is 15.8. The molecule has 1 atom stereocenters. The number of anilines is 2. The summed E-state index contributed by atoms with van der Waals surface area (Å²) < 4.78 is 6.90. The zero-order valence-electron chi connectivity index (χ0n) is 15.7. The van der Waals surface area contributed by atoms with Gasteiger partial charge in [0.25, 0.3) is 0 Å². The van der Waals surface area contributed by atoms with Gasteiger partial charge in [0.2, 0.25) is 11.3 Å². The van der Waals surface area contributed by atoms with Crippen LogP contribution in [0.15, 0.2) is 53.7 Å². The van der Waals surface area contributed by atoms with Crippen LogP contribution >= 0.6 is 11.8 Å². The van der Waals surface area contributed by atoms with Gasteiger partial charge in [-0.15, -0.1) is 0 Å². The third kappa shape index (κ3) is 3.88. The lowest BCUT2D eigenvalue weighted by Gasteiger charge is -2.30. The van der Waals surface area contributed by atoms with E-state index >= 15 is 0 Å². The van der Waals surface area contributed by atoms with Crippen LogP contribution in [0.25, 0.3) is 11.3 Å². The summed E-state index contributed by atoms with van der Waals surface area (Å²) in [6.45, 7) is 2.54. The molecule has 1 aliphatic rings. The molecule has 29 heavy (non-hydrogen) atoms. The predicted molar refractivity (Wildman–Crippen MR) is 112 cm³/mol. The minimum absolute atomic E-state index is 0.0186. The van der Waals surface area contributed by atoms with E-state index < -0.39 is 0 Å². The molecule has 1 fully saturated rings. The fourth-order valence-electron chi connectivity index (χ4n) is 3.41. The van der Waals surface area contributed by atoms with Gasteiger partial charge in [0.05, 0.1) is 12.4 Å². The first-order chi connectivity index (χ1) is 14.4. The van der Waals surface area contributed by atoms with Crippen molar-refractivity contribution in [2.24, 2.45) is 0 Å². The second kappa shape index (κ2) is 8.08. The van der Waals surface area contributed by atoms with Crippen LogP contribution < -0.4 is 10.2 Å². The molecule has 1 aromatic carbocycles. The molecule has 3 aromatic heterocycles.